The number of nitrogens with zero attached hydrogens (tertiary/aromatic N) is 1. The first-order valence-corrected chi connectivity index (χ1v) is 10.2. The minimum Gasteiger partial charge on any atom is -0.383 e. The molecule has 1 unspecified atom stereocenters. The summed E-state index contributed by atoms with van der Waals surface area (Å²) in [7, 11) is 1.69. The highest BCUT2D eigenvalue weighted by Crippen LogP contribution is 2.28. The smallest absolute Gasteiger partial charge is 0.262 e. The maximum atomic E-state index is 12.9. The number of hydrogen-bond acceptors (Lipinski definition) is 7. The number of piperidine rings is 2. The largest absolute Gasteiger partial charge is 0.383 e. The van der Waals surface area contributed by atoms with Gasteiger partial charge in [-0.15, -0.1) is 0 Å². The van der Waals surface area contributed by atoms with E-state index in [4.69, 9.17) is 4.74 Å². The zero-order valence-corrected chi connectivity index (χ0v) is 17.0. The van der Waals surface area contributed by atoms with Crippen LogP contribution < -0.4 is 16.0 Å². The first-order chi connectivity index (χ1) is 14.4. The topological polar surface area (TPSA) is 117 Å². The van der Waals surface area contributed by atoms with Crippen LogP contribution >= 0.6 is 0 Å². The van der Waals surface area contributed by atoms with E-state index < -0.39 is 23.8 Å². The van der Waals surface area contributed by atoms with E-state index in [1.54, 1.807) is 19.2 Å². The molecule has 9 nitrogen and oxygen atoms in total. The van der Waals surface area contributed by atoms with Crippen molar-refractivity contribution < 1.29 is 23.9 Å². The van der Waals surface area contributed by atoms with Crippen molar-refractivity contribution in [2.24, 2.45) is 0 Å². The first-order valence-electron chi connectivity index (χ1n) is 10.2. The van der Waals surface area contributed by atoms with Gasteiger partial charge in [-0.3, -0.25) is 29.4 Å². The molecule has 30 heavy (non-hydrogen) atoms. The van der Waals surface area contributed by atoms with Gasteiger partial charge in [0.2, 0.25) is 11.8 Å². The van der Waals surface area contributed by atoms with Crippen LogP contribution in [-0.4, -0.2) is 66.9 Å². The van der Waals surface area contributed by atoms with E-state index in [-0.39, 0.29) is 24.3 Å². The van der Waals surface area contributed by atoms with Crippen molar-refractivity contribution in [1.82, 2.24) is 20.9 Å². The van der Waals surface area contributed by atoms with Crippen LogP contribution in [0, 0.1) is 0 Å². The van der Waals surface area contributed by atoms with Crippen LogP contribution in [0.25, 0.3) is 0 Å². The molecule has 0 aromatic heterocycles. The molecule has 4 rings (SSSR count). The Hall–Kier alpha value is -2.62. The Kier molecular flexibility index (Phi) is 5.68. The zero-order valence-electron chi connectivity index (χ0n) is 17.0. The number of methoxy groups -OCH3 is 1. The summed E-state index contributed by atoms with van der Waals surface area (Å²) >= 11 is 0. The molecule has 9 heteroatoms. The number of amides is 4. The van der Waals surface area contributed by atoms with Gasteiger partial charge >= 0.3 is 0 Å². The second kappa shape index (κ2) is 8.25. The van der Waals surface area contributed by atoms with Crippen molar-refractivity contribution in [1.29, 1.82) is 0 Å². The van der Waals surface area contributed by atoms with Gasteiger partial charge in [0, 0.05) is 25.6 Å². The summed E-state index contributed by atoms with van der Waals surface area (Å²) in [5.41, 5.74) is 1.35. The Morgan fingerprint density at radius 1 is 1.13 bits per heavy atom. The van der Waals surface area contributed by atoms with Crippen LogP contribution in [0.15, 0.2) is 18.2 Å². The first kappa shape index (κ1) is 20.6. The third-order valence-electron chi connectivity index (χ3n) is 6.15. The van der Waals surface area contributed by atoms with Gasteiger partial charge in [0.1, 0.15) is 6.04 Å². The number of rotatable bonds is 6. The number of benzene rings is 1. The molecule has 0 bridgehead atoms. The van der Waals surface area contributed by atoms with E-state index >= 15 is 0 Å². The number of carbonyl (C=O) groups is 4. The van der Waals surface area contributed by atoms with Gasteiger partial charge in [-0.05, 0) is 50.0 Å². The molecule has 3 heterocycles. The molecule has 0 radical (unpaired) electrons. The summed E-state index contributed by atoms with van der Waals surface area (Å²) < 4.78 is 5.42. The minimum atomic E-state index is -0.948. The Balaban J connectivity index is 1.50. The molecule has 160 valence electrons. The molecule has 3 aliphatic rings. The van der Waals surface area contributed by atoms with Crippen LogP contribution in [0.3, 0.4) is 0 Å². The molecule has 4 amide bonds. The molecule has 2 fully saturated rings. The van der Waals surface area contributed by atoms with E-state index in [1.165, 1.54) is 0 Å². The van der Waals surface area contributed by atoms with E-state index in [1.807, 2.05) is 6.07 Å². The van der Waals surface area contributed by atoms with Crippen LogP contribution in [-0.2, 0) is 20.9 Å². The standard InChI is InChI=1S/C21H26N4O5/c1-30-12-21(6-8-22-9-7-21)23-11-13-2-3-14-15(10-13)20(29)25(19(14)28)16-4-5-17(26)24-18(16)27/h2-3,10,16,22-23H,4-9,11-12H2,1H3,(H,24,26,27). The van der Waals surface area contributed by atoms with Crippen LogP contribution in [0.1, 0.15) is 52.0 Å². The lowest BCUT2D eigenvalue weighted by Gasteiger charge is -2.38. The molecule has 1 atom stereocenters. The fourth-order valence-electron chi connectivity index (χ4n) is 4.47. The average Bonchev–Trinajstić information content (AvgIpc) is 2.98. The lowest BCUT2D eigenvalue weighted by molar-refractivity contribution is -0.136. The molecule has 0 aliphatic carbocycles. The predicted molar refractivity (Wildman–Crippen MR) is 107 cm³/mol. The van der Waals surface area contributed by atoms with E-state index in [0.29, 0.717) is 24.3 Å². The molecule has 3 aliphatic heterocycles. The molecule has 1 aromatic rings. The second-order valence-electron chi connectivity index (χ2n) is 8.14. The third-order valence-corrected chi connectivity index (χ3v) is 6.15. The normalized spacial score (nSPS) is 23.5. The van der Waals surface area contributed by atoms with Gasteiger partial charge in [0.25, 0.3) is 11.8 Å². The predicted octanol–water partition coefficient (Wildman–Crippen LogP) is -0.0540. The summed E-state index contributed by atoms with van der Waals surface area (Å²) in [5, 5.41) is 9.13. The highest BCUT2D eigenvalue weighted by Gasteiger charge is 2.44. The van der Waals surface area contributed by atoms with Gasteiger partial charge in [0.15, 0.2) is 0 Å². The Morgan fingerprint density at radius 3 is 2.57 bits per heavy atom. The molecule has 2 saturated heterocycles. The summed E-state index contributed by atoms with van der Waals surface area (Å²) in [6.45, 7) is 2.96. The fraction of sp³-hybridized carbons (Fsp3) is 0.524. The van der Waals surface area contributed by atoms with Crippen molar-refractivity contribution in [2.45, 2.75) is 43.8 Å². The summed E-state index contributed by atoms with van der Waals surface area (Å²) in [4.78, 5) is 50.3. The summed E-state index contributed by atoms with van der Waals surface area (Å²) in [6.07, 6.45) is 2.13. The molecular formula is C21H26N4O5. The van der Waals surface area contributed by atoms with Gasteiger partial charge in [-0.1, -0.05) is 6.07 Å². The van der Waals surface area contributed by atoms with Crippen LogP contribution in [0.2, 0.25) is 0 Å². The Labute approximate surface area is 174 Å². The zero-order chi connectivity index (χ0) is 21.3. The van der Waals surface area contributed by atoms with Gasteiger partial charge in [-0.2, -0.15) is 0 Å². The number of imide groups is 2. The van der Waals surface area contributed by atoms with E-state index in [0.717, 1.165) is 36.4 Å². The van der Waals surface area contributed by atoms with Crippen molar-refractivity contribution in [3.63, 3.8) is 0 Å². The maximum absolute atomic E-state index is 12.9. The molecule has 1 aromatic carbocycles. The van der Waals surface area contributed by atoms with Crippen LogP contribution in [0.4, 0.5) is 0 Å². The van der Waals surface area contributed by atoms with Gasteiger partial charge in [0.05, 0.1) is 17.7 Å². The quantitative estimate of drug-likeness (QED) is 0.559. The van der Waals surface area contributed by atoms with Crippen molar-refractivity contribution in [3.8, 4) is 0 Å². The highest BCUT2D eigenvalue weighted by atomic mass is 16.5. The molecule has 0 spiro atoms. The number of carbonyl (C=O) groups excluding carboxylic acids is 4. The van der Waals surface area contributed by atoms with Crippen molar-refractivity contribution in [2.75, 3.05) is 26.8 Å². The number of fused-ring (bicyclic) bond motifs is 1. The van der Waals surface area contributed by atoms with Gasteiger partial charge < -0.3 is 15.4 Å². The number of nitrogens with one attached hydrogen (secondary N) is 3. The summed E-state index contributed by atoms with van der Waals surface area (Å²) in [6, 6.07) is 4.24. The minimum absolute atomic E-state index is 0.107. The SMILES string of the molecule is COCC1(NCc2ccc3c(c2)C(=O)N(C2CCC(=O)NC2=O)C3=O)CCNCC1. The average molecular weight is 414 g/mol. The highest BCUT2D eigenvalue weighted by molar-refractivity contribution is 6.23. The lowest BCUT2D eigenvalue weighted by Crippen LogP contribution is -2.54. The summed E-state index contributed by atoms with van der Waals surface area (Å²) in [5.74, 6) is -1.96. The molecule has 0 saturated carbocycles. The Morgan fingerprint density at radius 2 is 1.87 bits per heavy atom. The monoisotopic (exact) mass is 414 g/mol. The maximum Gasteiger partial charge on any atom is 0.262 e. The lowest BCUT2D eigenvalue weighted by atomic mass is 9.88. The number of ether oxygens (including phenoxy) is 1. The van der Waals surface area contributed by atoms with Crippen LogP contribution in [0.5, 0.6) is 0 Å². The molecular weight excluding hydrogens is 388 g/mol. The van der Waals surface area contributed by atoms with Gasteiger partial charge in [-0.25, -0.2) is 0 Å². The fourth-order valence-corrected chi connectivity index (χ4v) is 4.47. The second-order valence-corrected chi connectivity index (χ2v) is 8.14. The number of hydrogen-bond donors (Lipinski definition) is 3. The Bertz CT molecular complexity index is 888. The van der Waals surface area contributed by atoms with E-state index in [2.05, 4.69) is 16.0 Å². The van der Waals surface area contributed by atoms with Crippen molar-refractivity contribution in [3.05, 3.63) is 34.9 Å². The molecule has 3 N–H and O–H groups in total. The van der Waals surface area contributed by atoms with Crippen molar-refractivity contribution >= 4 is 23.6 Å². The van der Waals surface area contributed by atoms with E-state index in [9.17, 15) is 19.2 Å². The third kappa shape index (κ3) is 3.76.